The molecule has 0 bridgehead atoms. The van der Waals surface area contributed by atoms with Crippen molar-refractivity contribution in [2.24, 2.45) is 0 Å². The lowest BCUT2D eigenvalue weighted by atomic mass is 9.83. The Bertz CT molecular complexity index is 760. The maximum Gasteiger partial charge on any atom is 0.131 e. The minimum Gasteiger partial charge on any atom is -0.497 e. The predicted octanol–water partition coefficient (Wildman–Crippen LogP) is 4.98. The number of hydrogen-bond donors (Lipinski definition) is 0. The van der Waals surface area contributed by atoms with Gasteiger partial charge in [-0.3, -0.25) is 0 Å². The molecule has 0 atom stereocenters. The molecule has 0 N–H and O–H groups in total. The van der Waals surface area contributed by atoms with Crippen molar-refractivity contribution in [2.45, 2.75) is 5.92 Å². The first-order valence-electron chi connectivity index (χ1n) is 7.36. The zero-order valence-corrected chi connectivity index (χ0v) is 12.3. The summed E-state index contributed by atoms with van der Waals surface area (Å²) in [4.78, 5) is 0. The van der Waals surface area contributed by atoms with Crippen molar-refractivity contribution in [3.63, 3.8) is 0 Å². The number of rotatable bonds is 2. The van der Waals surface area contributed by atoms with Gasteiger partial charge in [-0.15, -0.1) is 0 Å². The molecule has 3 aromatic carbocycles. The summed E-state index contributed by atoms with van der Waals surface area (Å²) in [6.45, 7) is 0. The Morgan fingerprint density at radius 3 is 1.82 bits per heavy atom. The van der Waals surface area contributed by atoms with E-state index < -0.39 is 0 Å². The van der Waals surface area contributed by atoms with Gasteiger partial charge in [-0.1, -0.05) is 48.5 Å². The molecule has 0 saturated heterocycles. The average molecular weight is 288 g/mol. The first kappa shape index (κ1) is 13.0. The number of methoxy groups -OCH3 is 1. The molecule has 2 nitrogen and oxygen atoms in total. The molecule has 0 unspecified atom stereocenters. The normalized spacial score (nSPS) is 13.0. The van der Waals surface area contributed by atoms with E-state index in [9.17, 15) is 0 Å². The van der Waals surface area contributed by atoms with Crippen LogP contribution in [0.2, 0.25) is 0 Å². The number of benzene rings is 3. The highest BCUT2D eigenvalue weighted by Gasteiger charge is 2.27. The standard InChI is InChI=1S/C20H16O2/c1-21-15-12-10-14(11-13-15)20-16-6-2-4-8-18(16)22-19-9-5-3-7-17(19)20/h2-13,20H,1H3. The molecule has 108 valence electrons. The van der Waals surface area contributed by atoms with Crippen molar-refractivity contribution in [3.05, 3.63) is 89.5 Å². The van der Waals surface area contributed by atoms with Crippen LogP contribution in [0.5, 0.6) is 17.2 Å². The Kier molecular flexibility index (Phi) is 3.08. The van der Waals surface area contributed by atoms with Crippen LogP contribution >= 0.6 is 0 Å². The summed E-state index contributed by atoms with van der Waals surface area (Å²) in [6, 6.07) is 24.8. The Morgan fingerprint density at radius 2 is 1.27 bits per heavy atom. The highest BCUT2D eigenvalue weighted by atomic mass is 16.5. The highest BCUT2D eigenvalue weighted by molar-refractivity contribution is 5.58. The van der Waals surface area contributed by atoms with Gasteiger partial charge in [0, 0.05) is 17.0 Å². The minimum atomic E-state index is 0.187. The van der Waals surface area contributed by atoms with E-state index in [4.69, 9.17) is 9.47 Å². The van der Waals surface area contributed by atoms with Crippen molar-refractivity contribution in [3.8, 4) is 17.2 Å². The molecule has 0 aliphatic carbocycles. The highest BCUT2D eigenvalue weighted by Crippen LogP contribution is 2.46. The second-order valence-electron chi connectivity index (χ2n) is 5.38. The summed E-state index contributed by atoms with van der Waals surface area (Å²) in [7, 11) is 1.69. The molecule has 0 spiro atoms. The quantitative estimate of drug-likeness (QED) is 0.518. The summed E-state index contributed by atoms with van der Waals surface area (Å²) in [5.41, 5.74) is 3.64. The summed E-state index contributed by atoms with van der Waals surface area (Å²) < 4.78 is 11.3. The molecule has 0 amide bonds. The van der Waals surface area contributed by atoms with Gasteiger partial charge in [0.2, 0.25) is 0 Å². The summed E-state index contributed by atoms with van der Waals surface area (Å²) >= 11 is 0. The lowest BCUT2D eigenvalue weighted by Crippen LogP contribution is -2.11. The largest absolute Gasteiger partial charge is 0.497 e. The summed E-state index contributed by atoms with van der Waals surface area (Å²) in [6.07, 6.45) is 0. The van der Waals surface area contributed by atoms with E-state index in [1.807, 2.05) is 36.4 Å². The third-order valence-electron chi connectivity index (χ3n) is 4.13. The van der Waals surface area contributed by atoms with E-state index >= 15 is 0 Å². The molecule has 4 rings (SSSR count). The maximum absolute atomic E-state index is 6.05. The fourth-order valence-corrected chi connectivity index (χ4v) is 3.07. The maximum atomic E-state index is 6.05. The van der Waals surface area contributed by atoms with Crippen molar-refractivity contribution < 1.29 is 9.47 Å². The molecule has 2 heteroatoms. The van der Waals surface area contributed by atoms with E-state index in [1.54, 1.807) is 7.11 Å². The molecule has 1 aliphatic rings. The van der Waals surface area contributed by atoms with E-state index in [2.05, 4.69) is 36.4 Å². The van der Waals surface area contributed by atoms with Crippen molar-refractivity contribution in [1.82, 2.24) is 0 Å². The Morgan fingerprint density at radius 1 is 0.727 bits per heavy atom. The van der Waals surface area contributed by atoms with Crippen molar-refractivity contribution in [2.75, 3.05) is 7.11 Å². The average Bonchev–Trinajstić information content (AvgIpc) is 2.60. The van der Waals surface area contributed by atoms with E-state index in [0.29, 0.717) is 0 Å². The van der Waals surface area contributed by atoms with Crippen LogP contribution in [0.15, 0.2) is 72.8 Å². The van der Waals surface area contributed by atoms with Gasteiger partial charge in [0.05, 0.1) is 7.11 Å². The van der Waals surface area contributed by atoms with Crippen LogP contribution in [0.4, 0.5) is 0 Å². The monoisotopic (exact) mass is 288 g/mol. The molecular formula is C20H16O2. The van der Waals surface area contributed by atoms with E-state index in [0.717, 1.165) is 17.2 Å². The van der Waals surface area contributed by atoms with E-state index in [1.165, 1.54) is 16.7 Å². The molecule has 0 radical (unpaired) electrons. The van der Waals surface area contributed by atoms with Gasteiger partial charge < -0.3 is 9.47 Å². The van der Waals surface area contributed by atoms with Gasteiger partial charge in [0.25, 0.3) is 0 Å². The lowest BCUT2D eigenvalue weighted by molar-refractivity contribution is 0.414. The smallest absolute Gasteiger partial charge is 0.131 e. The third kappa shape index (κ3) is 2.04. The van der Waals surface area contributed by atoms with Gasteiger partial charge in [0.1, 0.15) is 17.2 Å². The van der Waals surface area contributed by atoms with Crippen LogP contribution in [0.1, 0.15) is 22.6 Å². The summed E-state index contributed by atoms with van der Waals surface area (Å²) in [5.74, 6) is 2.92. The number of ether oxygens (including phenoxy) is 2. The van der Waals surface area contributed by atoms with Crippen LogP contribution in [-0.2, 0) is 0 Å². The lowest BCUT2D eigenvalue weighted by Gasteiger charge is -2.28. The number of hydrogen-bond acceptors (Lipinski definition) is 2. The molecule has 3 aromatic rings. The third-order valence-corrected chi connectivity index (χ3v) is 4.13. The van der Waals surface area contributed by atoms with Crippen LogP contribution in [0.25, 0.3) is 0 Å². The van der Waals surface area contributed by atoms with Crippen LogP contribution in [0, 0.1) is 0 Å². The van der Waals surface area contributed by atoms with Crippen LogP contribution in [-0.4, -0.2) is 7.11 Å². The Hall–Kier alpha value is -2.74. The van der Waals surface area contributed by atoms with Crippen molar-refractivity contribution in [1.29, 1.82) is 0 Å². The van der Waals surface area contributed by atoms with Crippen LogP contribution < -0.4 is 9.47 Å². The molecule has 22 heavy (non-hydrogen) atoms. The van der Waals surface area contributed by atoms with Gasteiger partial charge in [-0.25, -0.2) is 0 Å². The fraction of sp³-hybridized carbons (Fsp3) is 0.100. The Labute approximate surface area is 129 Å². The zero-order valence-electron chi connectivity index (χ0n) is 12.3. The first-order valence-corrected chi connectivity index (χ1v) is 7.36. The zero-order chi connectivity index (χ0) is 14.9. The topological polar surface area (TPSA) is 18.5 Å². The fourth-order valence-electron chi connectivity index (χ4n) is 3.07. The van der Waals surface area contributed by atoms with Gasteiger partial charge in [-0.2, -0.15) is 0 Å². The second-order valence-corrected chi connectivity index (χ2v) is 5.38. The van der Waals surface area contributed by atoms with Gasteiger partial charge in [-0.05, 0) is 29.8 Å². The van der Waals surface area contributed by atoms with E-state index in [-0.39, 0.29) is 5.92 Å². The van der Waals surface area contributed by atoms with Crippen molar-refractivity contribution >= 4 is 0 Å². The second kappa shape index (κ2) is 5.23. The molecule has 1 aliphatic heterocycles. The minimum absolute atomic E-state index is 0.187. The molecule has 0 aromatic heterocycles. The Balaban J connectivity index is 1.90. The summed E-state index contributed by atoms with van der Waals surface area (Å²) in [5, 5.41) is 0. The predicted molar refractivity (Wildman–Crippen MR) is 86.9 cm³/mol. The number of para-hydroxylation sites is 2. The molecule has 0 saturated carbocycles. The molecule has 0 fully saturated rings. The molecule has 1 heterocycles. The molecular weight excluding hydrogens is 272 g/mol. The van der Waals surface area contributed by atoms with Gasteiger partial charge in [0.15, 0.2) is 0 Å². The SMILES string of the molecule is COc1ccc(C2c3ccccc3Oc3ccccc32)cc1. The first-order chi connectivity index (χ1) is 10.9. The number of fused-ring (bicyclic) bond motifs is 2. The van der Waals surface area contributed by atoms with Crippen LogP contribution in [0.3, 0.4) is 0 Å². The van der Waals surface area contributed by atoms with Gasteiger partial charge >= 0.3 is 0 Å².